The number of fused-ring (bicyclic) bond motifs is 3. The normalized spacial score (nSPS) is 24.4. The minimum atomic E-state index is 0.327. The molecule has 1 aromatic rings. The quantitative estimate of drug-likeness (QED) is 0.666. The summed E-state index contributed by atoms with van der Waals surface area (Å²) in [6.45, 7) is 4.05. The number of Topliss-reactive ketones (excluding diaryl/α,β-unsaturated/α-hetero) is 1. The van der Waals surface area contributed by atoms with Crippen LogP contribution in [0.1, 0.15) is 43.1 Å². The van der Waals surface area contributed by atoms with E-state index in [0.29, 0.717) is 18.1 Å². The molecule has 1 aromatic heterocycles. The molecule has 0 unspecified atom stereocenters. The Labute approximate surface area is 95.3 Å². The molecular formula is C14H16O2. The van der Waals surface area contributed by atoms with E-state index < -0.39 is 0 Å². The lowest BCUT2D eigenvalue weighted by Crippen LogP contribution is -1.99. The number of aryl methyl sites for hydroxylation is 2. The van der Waals surface area contributed by atoms with Gasteiger partial charge in [-0.05, 0) is 49.3 Å². The zero-order chi connectivity index (χ0) is 11.3. The first-order valence-electron chi connectivity index (χ1n) is 5.99. The first-order valence-corrected chi connectivity index (χ1v) is 5.99. The van der Waals surface area contributed by atoms with Crippen molar-refractivity contribution in [2.24, 2.45) is 5.92 Å². The predicted octanol–water partition coefficient (Wildman–Crippen LogP) is 3.29. The fourth-order valence-electron chi connectivity index (χ4n) is 3.13. The van der Waals surface area contributed by atoms with E-state index in [2.05, 4.69) is 6.92 Å². The topological polar surface area (TPSA) is 30.2 Å². The Morgan fingerprint density at radius 2 is 2.19 bits per heavy atom. The van der Waals surface area contributed by atoms with E-state index in [1.165, 1.54) is 16.7 Å². The van der Waals surface area contributed by atoms with E-state index >= 15 is 0 Å². The second-order valence-corrected chi connectivity index (χ2v) is 4.97. The molecule has 1 atom stereocenters. The third-order valence-corrected chi connectivity index (χ3v) is 3.94. The highest BCUT2D eigenvalue weighted by atomic mass is 16.3. The van der Waals surface area contributed by atoms with E-state index in [0.717, 1.165) is 30.6 Å². The number of carbonyl (C=O) groups excluding carboxylic acids is 1. The molecule has 2 heteroatoms. The number of carbonyl (C=O) groups is 1. The van der Waals surface area contributed by atoms with E-state index in [-0.39, 0.29) is 0 Å². The van der Waals surface area contributed by atoms with E-state index in [9.17, 15) is 4.79 Å². The van der Waals surface area contributed by atoms with Crippen molar-refractivity contribution in [3.63, 3.8) is 0 Å². The molecule has 0 saturated heterocycles. The number of furan rings is 1. The fraction of sp³-hybridized carbons (Fsp3) is 0.500. The van der Waals surface area contributed by atoms with Gasteiger partial charge in [0.15, 0.2) is 5.78 Å². The third kappa shape index (κ3) is 1.22. The van der Waals surface area contributed by atoms with Crippen molar-refractivity contribution in [3.05, 3.63) is 28.7 Å². The van der Waals surface area contributed by atoms with Gasteiger partial charge in [0.2, 0.25) is 0 Å². The van der Waals surface area contributed by atoms with Crippen molar-refractivity contribution in [3.8, 4) is 0 Å². The van der Waals surface area contributed by atoms with Gasteiger partial charge in [-0.15, -0.1) is 0 Å². The molecule has 3 rings (SSSR count). The summed E-state index contributed by atoms with van der Waals surface area (Å²) in [6.07, 6.45) is 5.82. The van der Waals surface area contributed by atoms with Gasteiger partial charge in [-0.1, -0.05) is 0 Å². The largest absolute Gasteiger partial charge is 0.468 e. The Hall–Kier alpha value is -1.31. The Balaban J connectivity index is 2.24. The minimum absolute atomic E-state index is 0.327. The second kappa shape index (κ2) is 3.34. The van der Waals surface area contributed by atoms with E-state index in [1.54, 1.807) is 0 Å². The number of allylic oxidation sites excluding steroid dienone is 2. The molecule has 2 aliphatic carbocycles. The van der Waals surface area contributed by atoms with Crippen molar-refractivity contribution in [2.45, 2.75) is 39.5 Å². The van der Waals surface area contributed by atoms with Gasteiger partial charge < -0.3 is 4.42 Å². The van der Waals surface area contributed by atoms with Gasteiger partial charge in [-0.25, -0.2) is 0 Å². The molecule has 0 fully saturated rings. The van der Waals surface area contributed by atoms with Gasteiger partial charge in [0.1, 0.15) is 5.76 Å². The van der Waals surface area contributed by atoms with Crippen LogP contribution < -0.4 is 0 Å². The summed E-state index contributed by atoms with van der Waals surface area (Å²) in [5.74, 6) is 1.86. The molecule has 1 heterocycles. The molecule has 0 radical (unpaired) electrons. The maximum atomic E-state index is 11.8. The summed E-state index contributed by atoms with van der Waals surface area (Å²) in [4.78, 5) is 11.8. The van der Waals surface area contributed by atoms with Crippen LogP contribution in [0, 0.1) is 12.8 Å². The lowest BCUT2D eigenvalue weighted by atomic mass is 9.91. The number of hydrogen-bond donors (Lipinski definition) is 0. The van der Waals surface area contributed by atoms with Crippen LogP contribution in [0.2, 0.25) is 0 Å². The van der Waals surface area contributed by atoms with Crippen LogP contribution in [0.4, 0.5) is 0 Å². The van der Waals surface area contributed by atoms with Crippen LogP contribution in [0.5, 0.6) is 0 Å². The first-order chi connectivity index (χ1) is 7.68. The molecular weight excluding hydrogens is 200 g/mol. The summed E-state index contributed by atoms with van der Waals surface area (Å²) in [7, 11) is 0. The summed E-state index contributed by atoms with van der Waals surface area (Å²) < 4.78 is 5.61. The first kappa shape index (κ1) is 9.88. The standard InChI is InChI=1S/C14H16O2/c1-8-7-16-12-5-3-4-10-6-11(15)9(2)14(10)13(8)12/h7,10H,3-6H2,1-2H3/t10-/m0/s1. The smallest absolute Gasteiger partial charge is 0.159 e. The van der Waals surface area contributed by atoms with Crippen LogP contribution in [0.15, 0.2) is 16.3 Å². The number of rotatable bonds is 0. The SMILES string of the molecule is CC1=C2c3c(C)coc3CCC[C@H]2CC1=O. The Bertz CT molecular complexity index is 491. The molecule has 2 aliphatic rings. The number of ketones is 1. The number of hydrogen-bond acceptors (Lipinski definition) is 2. The molecule has 0 N–H and O–H groups in total. The lowest BCUT2D eigenvalue weighted by Gasteiger charge is -2.11. The third-order valence-electron chi connectivity index (χ3n) is 3.94. The molecule has 0 aliphatic heterocycles. The Morgan fingerprint density at radius 3 is 3.00 bits per heavy atom. The minimum Gasteiger partial charge on any atom is -0.468 e. The van der Waals surface area contributed by atoms with Crippen molar-refractivity contribution in [1.29, 1.82) is 0 Å². The highest BCUT2D eigenvalue weighted by Gasteiger charge is 2.34. The molecule has 0 aromatic carbocycles. The van der Waals surface area contributed by atoms with Crippen LogP contribution >= 0.6 is 0 Å². The Kier molecular flexibility index (Phi) is 2.06. The van der Waals surface area contributed by atoms with Crippen LogP contribution in [-0.4, -0.2) is 5.78 Å². The van der Waals surface area contributed by atoms with E-state index in [4.69, 9.17) is 4.42 Å². The van der Waals surface area contributed by atoms with Crippen molar-refractivity contribution in [1.82, 2.24) is 0 Å². The molecule has 0 spiro atoms. The monoisotopic (exact) mass is 216 g/mol. The second-order valence-electron chi connectivity index (χ2n) is 4.97. The van der Waals surface area contributed by atoms with Gasteiger partial charge in [0.25, 0.3) is 0 Å². The zero-order valence-electron chi connectivity index (χ0n) is 9.80. The molecule has 16 heavy (non-hydrogen) atoms. The Morgan fingerprint density at radius 1 is 1.38 bits per heavy atom. The van der Waals surface area contributed by atoms with Crippen LogP contribution in [-0.2, 0) is 11.2 Å². The summed E-state index contributed by atoms with van der Waals surface area (Å²) in [5.41, 5.74) is 4.68. The zero-order valence-corrected chi connectivity index (χ0v) is 9.80. The van der Waals surface area contributed by atoms with Crippen molar-refractivity contribution in [2.75, 3.05) is 0 Å². The highest BCUT2D eigenvalue weighted by Crippen LogP contribution is 2.44. The van der Waals surface area contributed by atoms with Crippen molar-refractivity contribution >= 4 is 11.4 Å². The lowest BCUT2D eigenvalue weighted by molar-refractivity contribution is -0.115. The maximum Gasteiger partial charge on any atom is 0.159 e. The summed E-state index contributed by atoms with van der Waals surface area (Å²) in [6, 6.07) is 0. The molecule has 0 amide bonds. The molecule has 0 bridgehead atoms. The van der Waals surface area contributed by atoms with Gasteiger partial charge >= 0.3 is 0 Å². The van der Waals surface area contributed by atoms with Gasteiger partial charge in [-0.3, -0.25) is 4.79 Å². The summed E-state index contributed by atoms with van der Waals surface area (Å²) >= 11 is 0. The predicted molar refractivity (Wildman–Crippen MR) is 62.1 cm³/mol. The van der Waals surface area contributed by atoms with Gasteiger partial charge in [0, 0.05) is 18.4 Å². The molecule has 84 valence electrons. The maximum absolute atomic E-state index is 11.8. The molecule has 2 nitrogen and oxygen atoms in total. The van der Waals surface area contributed by atoms with Gasteiger partial charge in [-0.2, -0.15) is 0 Å². The summed E-state index contributed by atoms with van der Waals surface area (Å²) in [5, 5.41) is 0. The average Bonchev–Trinajstić information content (AvgIpc) is 2.67. The van der Waals surface area contributed by atoms with E-state index in [1.807, 2.05) is 13.2 Å². The van der Waals surface area contributed by atoms with Crippen molar-refractivity contribution < 1.29 is 9.21 Å². The van der Waals surface area contributed by atoms with Gasteiger partial charge in [0.05, 0.1) is 6.26 Å². The van der Waals surface area contributed by atoms with Crippen LogP contribution in [0.3, 0.4) is 0 Å². The molecule has 0 saturated carbocycles. The van der Waals surface area contributed by atoms with Crippen LogP contribution in [0.25, 0.3) is 5.57 Å². The average molecular weight is 216 g/mol. The highest BCUT2D eigenvalue weighted by molar-refractivity contribution is 6.07. The fourth-order valence-corrected chi connectivity index (χ4v) is 3.13.